The Balaban J connectivity index is 2.26. The van der Waals surface area contributed by atoms with Gasteiger partial charge in [-0.3, -0.25) is 4.79 Å². The van der Waals surface area contributed by atoms with Crippen LogP contribution in [0.5, 0.6) is 0 Å². The highest BCUT2D eigenvalue weighted by Gasteiger charge is 2.33. The number of rotatable bonds is 22. The molecule has 1 rings (SSSR count). The van der Waals surface area contributed by atoms with Gasteiger partial charge in [-0.2, -0.15) is 0 Å². The minimum absolute atomic E-state index is 0.0436. The molecule has 36 heavy (non-hydrogen) atoms. The van der Waals surface area contributed by atoms with E-state index >= 15 is 0 Å². The van der Waals surface area contributed by atoms with Gasteiger partial charge in [0, 0.05) is 6.42 Å². The topological polar surface area (TPSA) is 89.4 Å². The van der Waals surface area contributed by atoms with Crippen LogP contribution in [0.15, 0.2) is 0 Å². The molecular formula is C30H58NO5+. The molecule has 212 valence electrons. The first kappa shape index (κ1) is 32.9. The number of hydrogen-bond acceptors (Lipinski definition) is 5. The molecule has 1 fully saturated rings. The van der Waals surface area contributed by atoms with Crippen LogP contribution in [0.4, 0.5) is 0 Å². The number of unbranched alkanes of at least 4 members (excludes halogenated alkanes) is 11. The number of carbonyl (C=O) groups excluding carboxylic acids is 2. The predicted octanol–water partition coefficient (Wildman–Crippen LogP) is 5.84. The van der Waals surface area contributed by atoms with E-state index in [1.165, 1.54) is 51.4 Å². The molecule has 1 saturated heterocycles. The van der Waals surface area contributed by atoms with Crippen molar-refractivity contribution in [3.8, 4) is 0 Å². The largest absolute Gasteiger partial charge is 0.462 e. The van der Waals surface area contributed by atoms with Gasteiger partial charge in [0.2, 0.25) is 0 Å². The van der Waals surface area contributed by atoms with Gasteiger partial charge in [0.25, 0.3) is 0 Å². The highest BCUT2D eigenvalue weighted by molar-refractivity contribution is 5.76. The molecule has 0 amide bonds. The minimum Gasteiger partial charge on any atom is -0.462 e. The quantitative estimate of drug-likeness (QED) is 0.141. The summed E-state index contributed by atoms with van der Waals surface area (Å²) < 4.78 is 11.4. The van der Waals surface area contributed by atoms with Gasteiger partial charge in [0.05, 0.1) is 12.0 Å². The van der Waals surface area contributed by atoms with Gasteiger partial charge in [0.1, 0.15) is 18.8 Å². The van der Waals surface area contributed by atoms with Crippen LogP contribution in [0.3, 0.4) is 0 Å². The first-order valence-electron chi connectivity index (χ1n) is 15.2. The molecular weight excluding hydrogens is 454 g/mol. The Morgan fingerprint density at radius 2 is 1.42 bits per heavy atom. The van der Waals surface area contributed by atoms with E-state index in [9.17, 15) is 14.7 Å². The van der Waals surface area contributed by atoms with Gasteiger partial charge in [-0.05, 0) is 52.4 Å². The molecule has 1 heterocycles. The van der Waals surface area contributed by atoms with Crippen LogP contribution < -0.4 is 5.32 Å². The number of aliphatic hydroxyl groups excluding tert-OH is 1. The zero-order chi connectivity index (χ0) is 26.7. The van der Waals surface area contributed by atoms with E-state index in [4.69, 9.17) is 9.47 Å². The van der Waals surface area contributed by atoms with Crippen LogP contribution in [-0.2, 0) is 19.1 Å². The van der Waals surface area contributed by atoms with E-state index in [-0.39, 0.29) is 24.1 Å². The monoisotopic (exact) mass is 512 g/mol. The average molecular weight is 513 g/mol. The number of hydrogen-bond donors (Lipinski definition) is 2. The van der Waals surface area contributed by atoms with Crippen LogP contribution in [-0.4, -0.2) is 48.4 Å². The van der Waals surface area contributed by atoms with Crippen molar-refractivity contribution in [3.63, 3.8) is 0 Å². The summed E-state index contributed by atoms with van der Waals surface area (Å²) in [7, 11) is 0. The highest BCUT2D eigenvalue weighted by atomic mass is 16.5. The molecule has 1 aliphatic heterocycles. The molecule has 6 nitrogen and oxygen atoms in total. The van der Waals surface area contributed by atoms with E-state index in [2.05, 4.69) is 13.8 Å². The summed E-state index contributed by atoms with van der Waals surface area (Å²) in [6.45, 7) is 9.52. The van der Waals surface area contributed by atoms with E-state index in [0.29, 0.717) is 19.6 Å². The predicted molar refractivity (Wildman–Crippen MR) is 146 cm³/mol. The fraction of sp³-hybridized carbons (Fsp3) is 0.933. The Labute approximate surface area is 221 Å². The maximum atomic E-state index is 13.0. The molecule has 0 aromatic heterocycles. The fourth-order valence-electron chi connectivity index (χ4n) is 4.93. The van der Waals surface area contributed by atoms with Gasteiger partial charge in [-0.1, -0.05) is 84.5 Å². The van der Waals surface area contributed by atoms with Crippen molar-refractivity contribution < 1.29 is 29.5 Å². The van der Waals surface area contributed by atoms with Gasteiger partial charge < -0.3 is 19.9 Å². The molecule has 0 aromatic carbocycles. The molecule has 6 heteroatoms. The summed E-state index contributed by atoms with van der Waals surface area (Å²) in [6, 6.07) is -0.247. The summed E-state index contributed by atoms with van der Waals surface area (Å²) in [4.78, 5) is 25.0. The summed E-state index contributed by atoms with van der Waals surface area (Å²) in [6.07, 6.45) is 19.2. The summed E-state index contributed by atoms with van der Waals surface area (Å²) in [5.74, 6) is -0.251. The maximum absolute atomic E-state index is 13.0. The Morgan fingerprint density at radius 1 is 0.861 bits per heavy atom. The first-order valence-corrected chi connectivity index (χ1v) is 15.2. The number of nitrogens with two attached hydrogens (primary N) is 1. The molecule has 0 aliphatic carbocycles. The van der Waals surface area contributed by atoms with Crippen molar-refractivity contribution in [2.75, 3.05) is 13.2 Å². The van der Waals surface area contributed by atoms with Crippen LogP contribution in [0.1, 0.15) is 143 Å². The highest BCUT2D eigenvalue weighted by Crippen LogP contribution is 2.28. The zero-order valence-corrected chi connectivity index (χ0v) is 24.0. The second kappa shape index (κ2) is 19.9. The van der Waals surface area contributed by atoms with Gasteiger partial charge >= 0.3 is 11.9 Å². The molecule has 0 radical (unpaired) electrons. The van der Waals surface area contributed by atoms with E-state index < -0.39 is 11.5 Å². The zero-order valence-electron chi connectivity index (χ0n) is 24.0. The standard InChI is InChI=1S/C30H57NO5/c1-5-7-9-11-12-16-20-26(19-15-10-8-6-2)36-29(34)30(3,4)21-17-13-14-18-22-35-28(33)27-23-25(32)24-31-27/h25-27,31-32H,5-24H2,1-4H3/p+1/t25-,26?,27-/m0/s1. The van der Waals surface area contributed by atoms with Crippen molar-refractivity contribution in [2.24, 2.45) is 5.41 Å². The first-order chi connectivity index (χ1) is 17.3. The van der Waals surface area contributed by atoms with E-state index in [0.717, 1.165) is 57.8 Å². The third kappa shape index (κ3) is 15.2. The number of aliphatic hydroxyl groups is 1. The van der Waals surface area contributed by atoms with E-state index in [1.807, 2.05) is 19.2 Å². The van der Waals surface area contributed by atoms with Crippen LogP contribution in [0, 0.1) is 5.41 Å². The van der Waals surface area contributed by atoms with Crippen molar-refractivity contribution in [1.82, 2.24) is 0 Å². The lowest BCUT2D eigenvalue weighted by atomic mass is 9.86. The Hall–Kier alpha value is -1.14. The van der Waals surface area contributed by atoms with Gasteiger partial charge in [-0.15, -0.1) is 0 Å². The smallest absolute Gasteiger partial charge is 0.364 e. The Kier molecular flexibility index (Phi) is 18.2. The number of ether oxygens (including phenoxy) is 2. The number of carbonyl (C=O) groups is 2. The van der Waals surface area contributed by atoms with Crippen LogP contribution in [0.2, 0.25) is 0 Å². The molecule has 0 spiro atoms. The van der Waals surface area contributed by atoms with Crippen LogP contribution in [0.25, 0.3) is 0 Å². The minimum atomic E-state index is -0.464. The van der Waals surface area contributed by atoms with Crippen molar-refractivity contribution in [3.05, 3.63) is 0 Å². The molecule has 1 aliphatic rings. The van der Waals surface area contributed by atoms with Crippen molar-refractivity contribution in [2.45, 2.75) is 162 Å². The Morgan fingerprint density at radius 3 is 2.03 bits per heavy atom. The molecule has 0 aromatic rings. The molecule has 3 N–H and O–H groups in total. The van der Waals surface area contributed by atoms with E-state index in [1.54, 1.807) is 0 Å². The fourth-order valence-corrected chi connectivity index (χ4v) is 4.93. The number of quaternary nitrogens is 1. The second-order valence-electron chi connectivity index (χ2n) is 11.6. The summed E-state index contributed by atoms with van der Waals surface area (Å²) in [5, 5.41) is 11.4. The SMILES string of the molecule is CCCCCCCCC(CCCCCC)OC(=O)C(C)(C)CCCCCCOC(=O)[C@@H]1C[C@H](O)C[NH2+]1. The lowest BCUT2D eigenvalue weighted by Crippen LogP contribution is -2.89. The Bertz CT molecular complexity index is 580. The summed E-state index contributed by atoms with van der Waals surface area (Å²) >= 11 is 0. The average Bonchev–Trinajstić information content (AvgIpc) is 3.29. The van der Waals surface area contributed by atoms with Crippen LogP contribution >= 0.6 is 0 Å². The molecule has 1 unspecified atom stereocenters. The lowest BCUT2D eigenvalue weighted by molar-refractivity contribution is -0.661. The van der Waals surface area contributed by atoms with Gasteiger partial charge in [-0.25, -0.2) is 4.79 Å². The maximum Gasteiger partial charge on any atom is 0.364 e. The van der Waals surface area contributed by atoms with Crippen molar-refractivity contribution >= 4 is 11.9 Å². The number of esters is 2. The normalized spacial score (nSPS) is 18.8. The second-order valence-corrected chi connectivity index (χ2v) is 11.6. The lowest BCUT2D eigenvalue weighted by Gasteiger charge is -2.27. The molecule has 0 saturated carbocycles. The third-order valence-corrected chi connectivity index (χ3v) is 7.55. The molecule has 3 atom stereocenters. The third-order valence-electron chi connectivity index (χ3n) is 7.55. The summed E-state index contributed by atoms with van der Waals surface area (Å²) in [5.41, 5.74) is -0.464. The molecule has 0 bridgehead atoms. The van der Waals surface area contributed by atoms with Gasteiger partial charge in [0.15, 0.2) is 6.04 Å². The van der Waals surface area contributed by atoms with Crippen molar-refractivity contribution in [1.29, 1.82) is 0 Å².